The van der Waals surface area contributed by atoms with Gasteiger partial charge in [0.15, 0.2) is 5.78 Å². The number of rotatable bonds is 3. The summed E-state index contributed by atoms with van der Waals surface area (Å²) in [5.74, 6) is 2.35. The highest BCUT2D eigenvalue weighted by molar-refractivity contribution is 5.99. The van der Waals surface area contributed by atoms with Gasteiger partial charge in [0.05, 0.1) is 5.56 Å². The summed E-state index contributed by atoms with van der Waals surface area (Å²) in [7, 11) is 0. The Kier molecular flexibility index (Phi) is 4.02. The topological polar surface area (TPSA) is 46.5 Å². The van der Waals surface area contributed by atoms with Gasteiger partial charge in [0.1, 0.15) is 17.1 Å². The fourth-order valence-electron chi connectivity index (χ4n) is 6.09. The standard InChI is InChI=1S/C21H28O3.CH4/c1-6-7-12-10-14-16(19(23)15(12)11(2)22)18-17-13(20(18,3)4)8-9-21(17,5)24-14;/h10,13,17-18,23H,6-9H2,1-5H3;1H4/t13?,17-,18-,21-;/m1./s1. The van der Waals surface area contributed by atoms with Crippen LogP contribution in [0.1, 0.15) is 88.7 Å². The first-order valence-corrected chi connectivity index (χ1v) is 9.31. The zero-order valence-electron chi connectivity index (χ0n) is 15.4. The van der Waals surface area contributed by atoms with Crippen molar-refractivity contribution in [1.82, 2.24) is 0 Å². The van der Waals surface area contributed by atoms with Gasteiger partial charge in [0, 0.05) is 17.4 Å². The molecule has 0 radical (unpaired) electrons. The van der Waals surface area contributed by atoms with E-state index in [2.05, 4.69) is 27.7 Å². The minimum atomic E-state index is -0.120. The number of aromatic hydroxyl groups is 1. The zero-order valence-corrected chi connectivity index (χ0v) is 15.4. The molecule has 4 rings (SSSR count). The first-order chi connectivity index (χ1) is 11.2. The molecule has 4 atom stereocenters. The Labute approximate surface area is 151 Å². The van der Waals surface area contributed by atoms with Crippen LogP contribution in [0.4, 0.5) is 0 Å². The van der Waals surface area contributed by atoms with Gasteiger partial charge >= 0.3 is 0 Å². The minimum absolute atomic E-state index is 0. The van der Waals surface area contributed by atoms with E-state index in [0.29, 0.717) is 17.4 Å². The SMILES string of the molecule is C.CCCc1cc2c(c(O)c1C(C)=O)[C@@H]1[C@H]3C(CC[C@@]3(C)O2)C1(C)C. The molecule has 1 unspecified atom stereocenters. The lowest BCUT2D eigenvalue weighted by atomic mass is 9.45. The van der Waals surface area contributed by atoms with Crippen LogP contribution in [0.3, 0.4) is 0 Å². The van der Waals surface area contributed by atoms with Crippen molar-refractivity contribution in [2.45, 2.75) is 79.2 Å². The lowest BCUT2D eigenvalue weighted by molar-refractivity contribution is -0.121. The Morgan fingerprint density at radius 2 is 2.04 bits per heavy atom. The molecule has 2 saturated carbocycles. The smallest absolute Gasteiger partial charge is 0.163 e. The number of ketones is 1. The van der Waals surface area contributed by atoms with Crippen molar-refractivity contribution in [2.75, 3.05) is 0 Å². The molecule has 0 bridgehead atoms. The quantitative estimate of drug-likeness (QED) is 0.738. The summed E-state index contributed by atoms with van der Waals surface area (Å²) in [6.07, 6.45) is 4.01. The van der Waals surface area contributed by atoms with E-state index in [9.17, 15) is 9.90 Å². The number of hydrogen-bond acceptors (Lipinski definition) is 3. The number of ether oxygens (including phenoxy) is 1. The highest BCUT2D eigenvalue weighted by atomic mass is 16.5. The molecule has 1 aromatic rings. The van der Waals surface area contributed by atoms with Crippen LogP contribution in [-0.2, 0) is 6.42 Å². The molecule has 3 heteroatoms. The van der Waals surface area contributed by atoms with E-state index in [4.69, 9.17) is 4.74 Å². The summed E-state index contributed by atoms with van der Waals surface area (Å²) in [4.78, 5) is 12.2. The van der Waals surface area contributed by atoms with E-state index >= 15 is 0 Å². The van der Waals surface area contributed by atoms with Gasteiger partial charge in [0.2, 0.25) is 0 Å². The molecule has 0 saturated heterocycles. The average Bonchev–Trinajstić information content (AvgIpc) is 2.81. The summed E-state index contributed by atoms with van der Waals surface area (Å²) in [5, 5.41) is 11.0. The maximum atomic E-state index is 12.2. The van der Waals surface area contributed by atoms with Crippen molar-refractivity contribution in [3.63, 3.8) is 0 Å². The Morgan fingerprint density at radius 1 is 1.36 bits per heavy atom. The monoisotopic (exact) mass is 344 g/mol. The highest BCUT2D eigenvalue weighted by Crippen LogP contribution is 2.74. The van der Waals surface area contributed by atoms with Gasteiger partial charge in [-0.25, -0.2) is 0 Å². The number of Topliss-reactive ketones (excluding diaryl/α,β-unsaturated/α-hetero) is 1. The highest BCUT2D eigenvalue weighted by Gasteiger charge is 2.69. The summed E-state index contributed by atoms with van der Waals surface area (Å²) in [6, 6.07) is 2.04. The molecule has 1 aliphatic heterocycles. The van der Waals surface area contributed by atoms with Crippen LogP contribution in [-0.4, -0.2) is 16.5 Å². The number of carbonyl (C=O) groups is 1. The molecule has 25 heavy (non-hydrogen) atoms. The molecule has 2 fully saturated rings. The number of fused-ring (bicyclic) bond motifs is 2. The third kappa shape index (κ3) is 2.14. The van der Waals surface area contributed by atoms with Crippen molar-refractivity contribution in [3.8, 4) is 11.5 Å². The second-order valence-electron chi connectivity index (χ2n) is 8.86. The van der Waals surface area contributed by atoms with Gasteiger partial charge in [-0.05, 0) is 56.1 Å². The van der Waals surface area contributed by atoms with E-state index in [-0.39, 0.29) is 35.9 Å². The first-order valence-electron chi connectivity index (χ1n) is 9.31. The van der Waals surface area contributed by atoms with Crippen LogP contribution in [0.15, 0.2) is 6.07 Å². The zero-order chi connectivity index (χ0) is 17.4. The average molecular weight is 344 g/mol. The predicted molar refractivity (Wildman–Crippen MR) is 101 cm³/mol. The van der Waals surface area contributed by atoms with E-state index in [0.717, 1.165) is 36.1 Å². The largest absolute Gasteiger partial charge is 0.507 e. The molecular weight excluding hydrogens is 312 g/mol. The number of phenols is 1. The van der Waals surface area contributed by atoms with Gasteiger partial charge in [-0.1, -0.05) is 34.6 Å². The molecule has 1 heterocycles. The Morgan fingerprint density at radius 3 is 2.64 bits per heavy atom. The predicted octanol–water partition coefficient (Wildman–Crippen LogP) is 5.48. The fraction of sp³-hybridized carbons (Fsp3) is 0.682. The van der Waals surface area contributed by atoms with Gasteiger partial charge in [-0.15, -0.1) is 0 Å². The summed E-state index contributed by atoms with van der Waals surface area (Å²) in [6.45, 7) is 10.5. The molecule has 1 aromatic carbocycles. The molecule has 2 aliphatic carbocycles. The van der Waals surface area contributed by atoms with Gasteiger partial charge in [0.25, 0.3) is 0 Å². The second-order valence-corrected chi connectivity index (χ2v) is 8.86. The van der Waals surface area contributed by atoms with Crippen LogP contribution in [0, 0.1) is 17.3 Å². The molecule has 1 N–H and O–H groups in total. The number of aryl methyl sites for hydroxylation is 1. The van der Waals surface area contributed by atoms with E-state index in [1.807, 2.05) is 6.07 Å². The van der Waals surface area contributed by atoms with Gasteiger partial charge in [-0.2, -0.15) is 0 Å². The first kappa shape index (κ1) is 18.3. The third-order valence-corrected chi connectivity index (χ3v) is 7.12. The number of benzene rings is 1. The van der Waals surface area contributed by atoms with Crippen LogP contribution in [0.5, 0.6) is 11.5 Å². The maximum Gasteiger partial charge on any atom is 0.163 e. The molecule has 0 amide bonds. The van der Waals surface area contributed by atoms with Crippen LogP contribution in [0.2, 0.25) is 0 Å². The second kappa shape index (κ2) is 5.49. The molecular formula is C22H32O3. The van der Waals surface area contributed by atoms with Gasteiger partial charge in [-0.3, -0.25) is 4.79 Å². The van der Waals surface area contributed by atoms with Crippen LogP contribution < -0.4 is 4.74 Å². The van der Waals surface area contributed by atoms with Crippen LogP contribution >= 0.6 is 0 Å². The molecule has 0 spiro atoms. The minimum Gasteiger partial charge on any atom is -0.507 e. The number of hydrogen-bond donors (Lipinski definition) is 1. The Hall–Kier alpha value is -1.51. The lowest BCUT2D eigenvalue weighted by Crippen LogP contribution is -2.59. The summed E-state index contributed by atoms with van der Waals surface area (Å²) in [5.41, 5.74) is 2.37. The molecule has 3 aliphatic rings. The lowest BCUT2D eigenvalue weighted by Gasteiger charge is -2.62. The van der Waals surface area contributed by atoms with Crippen molar-refractivity contribution < 1.29 is 14.6 Å². The third-order valence-electron chi connectivity index (χ3n) is 7.12. The van der Waals surface area contributed by atoms with Crippen molar-refractivity contribution in [3.05, 3.63) is 22.8 Å². The number of carbonyl (C=O) groups excluding carboxylic acids is 1. The normalized spacial score (nSPS) is 33.4. The Balaban J connectivity index is 0.00000182. The van der Waals surface area contributed by atoms with Crippen molar-refractivity contribution in [2.24, 2.45) is 17.3 Å². The van der Waals surface area contributed by atoms with Crippen molar-refractivity contribution >= 4 is 5.78 Å². The summed E-state index contributed by atoms with van der Waals surface area (Å²) >= 11 is 0. The molecule has 3 nitrogen and oxygen atoms in total. The van der Waals surface area contributed by atoms with E-state index in [1.54, 1.807) is 6.92 Å². The summed E-state index contributed by atoms with van der Waals surface area (Å²) < 4.78 is 6.47. The van der Waals surface area contributed by atoms with Crippen LogP contribution in [0.25, 0.3) is 0 Å². The molecule has 138 valence electrons. The fourth-order valence-corrected chi connectivity index (χ4v) is 6.09. The maximum absolute atomic E-state index is 12.2. The van der Waals surface area contributed by atoms with Gasteiger partial charge < -0.3 is 9.84 Å². The Bertz CT molecular complexity index is 733. The van der Waals surface area contributed by atoms with E-state index < -0.39 is 0 Å². The molecule has 0 aromatic heterocycles. The van der Waals surface area contributed by atoms with E-state index in [1.165, 1.54) is 6.42 Å². The number of phenolic OH excluding ortho intramolecular Hbond substituents is 1. The van der Waals surface area contributed by atoms with Crippen molar-refractivity contribution in [1.29, 1.82) is 0 Å².